The van der Waals surface area contributed by atoms with Crippen LogP contribution in [0.3, 0.4) is 0 Å². The molecule has 1 aromatic heterocycles. The molecule has 112 valence electrons. The van der Waals surface area contributed by atoms with Crippen LogP contribution in [0, 0.1) is 0 Å². The van der Waals surface area contributed by atoms with Gasteiger partial charge < -0.3 is 9.30 Å². The first-order valence-corrected chi connectivity index (χ1v) is 7.33. The van der Waals surface area contributed by atoms with E-state index >= 15 is 0 Å². The summed E-state index contributed by atoms with van der Waals surface area (Å²) in [7, 11) is 0. The van der Waals surface area contributed by atoms with E-state index in [1.165, 1.54) is 0 Å². The molecule has 4 nitrogen and oxygen atoms in total. The molecule has 0 saturated carbocycles. The average molecular weight is 277 g/mol. The summed E-state index contributed by atoms with van der Waals surface area (Å²) in [6.45, 7) is 14.8. The molecule has 0 unspecified atom stereocenters. The van der Waals surface area contributed by atoms with Crippen LogP contribution in [0.15, 0.2) is 37.7 Å². The molecule has 0 saturated heterocycles. The molecule has 0 radical (unpaired) electrons. The summed E-state index contributed by atoms with van der Waals surface area (Å²) in [5, 5.41) is 0. The Hall–Kier alpha value is -1.39. The topological polar surface area (TPSA) is 30.3 Å². The van der Waals surface area contributed by atoms with Gasteiger partial charge in [-0.15, -0.1) is 13.2 Å². The maximum Gasteiger partial charge on any atom is 0.108 e. The molecule has 4 heteroatoms. The Balaban J connectivity index is 2.35. The van der Waals surface area contributed by atoms with E-state index in [-0.39, 0.29) is 0 Å². The van der Waals surface area contributed by atoms with Gasteiger partial charge in [0.25, 0.3) is 0 Å². The summed E-state index contributed by atoms with van der Waals surface area (Å²) in [6, 6.07) is 0. The molecule has 0 amide bonds. The molecule has 0 fully saturated rings. The smallest absolute Gasteiger partial charge is 0.108 e. The lowest BCUT2D eigenvalue weighted by Crippen LogP contribution is -2.25. The highest BCUT2D eigenvalue weighted by Gasteiger charge is 2.05. The zero-order valence-electron chi connectivity index (χ0n) is 12.6. The van der Waals surface area contributed by atoms with Crippen LogP contribution in [-0.2, 0) is 17.7 Å². The van der Waals surface area contributed by atoms with Crippen molar-refractivity contribution >= 4 is 0 Å². The molecule has 1 rings (SSSR count). The monoisotopic (exact) mass is 277 g/mol. The molecular formula is C16H27N3O. The predicted molar refractivity (Wildman–Crippen MR) is 83.9 cm³/mol. The van der Waals surface area contributed by atoms with Gasteiger partial charge in [-0.05, 0) is 19.9 Å². The second kappa shape index (κ2) is 10.4. The van der Waals surface area contributed by atoms with Gasteiger partial charge in [0.1, 0.15) is 5.82 Å². The molecule has 0 spiro atoms. The maximum absolute atomic E-state index is 5.39. The molecule has 0 bridgehead atoms. The van der Waals surface area contributed by atoms with Crippen molar-refractivity contribution in [2.75, 3.05) is 32.8 Å². The first kappa shape index (κ1) is 16.7. The van der Waals surface area contributed by atoms with Crippen LogP contribution in [0.2, 0.25) is 0 Å². The second-order valence-electron chi connectivity index (χ2n) is 4.67. The molecule has 0 aromatic carbocycles. The van der Waals surface area contributed by atoms with Gasteiger partial charge in [-0.25, -0.2) is 4.98 Å². The van der Waals surface area contributed by atoms with E-state index in [0.29, 0.717) is 0 Å². The van der Waals surface area contributed by atoms with Crippen LogP contribution in [-0.4, -0.2) is 47.3 Å². The van der Waals surface area contributed by atoms with Crippen LogP contribution in [0.25, 0.3) is 0 Å². The number of imidazole rings is 1. The Labute approximate surface area is 122 Å². The van der Waals surface area contributed by atoms with Crippen LogP contribution in [0.5, 0.6) is 0 Å². The number of aromatic nitrogens is 2. The molecule has 0 N–H and O–H groups in total. The van der Waals surface area contributed by atoms with Crippen molar-refractivity contribution in [2.45, 2.75) is 26.3 Å². The fourth-order valence-corrected chi connectivity index (χ4v) is 2.16. The highest BCUT2D eigenvalue weighted by Crippen LogP contribution is 2.03. The first-order chi connectivity index (χ1) is 9.81. The standard InChI is InChI=1S/C16H27N3O/c1-4-10-18(11-5-2)12-7-8-16-17-9-13-19(16)14-15-20-6-3/h4-5,9,13H,1-2,6-8,10-12,14-15H2,3H3. The number of ether oxygens (including phenoxy) is 1. The van der Waals surface area contributed by atoms with Crippen molar-refractivity contribution < 1.29 is 4.74 Å². The molecule has 0 atom stereocenters. The summed E-state index contributed by atoms with van der Waals surface area (Å²) in [4.78, 5) is 6.76. The number of hydrogen-bond donors (Lipinski definition) is 0. The van der Waals surface area contributed by atoms with Gasteiger partial charge in [-0.2, -0.15) is 0 Å². The third-order valence-corrected chi connectivity index (χ3v) is 3.13. The number of nitrogens with zero attached hydrogens (tertiary/aromatic N) is 3. The zero-order valence-corrected chi connectivity index (χ0v) is 12.6. The summed E-state index contributed by atoms with van der Waals surface area (Å²) >= 11 is 0. The highest BCUT2D eigenvalue weighted by molar-refractivity contribution is 4.93. The summed E-state index contributed by atoms with van der Waals surface area (Å²) in [5.74, 6) is 1.14. The average Bonchev–Trinajstić information content (AvgIpc) is 2.87. The van der Waals surface area contributed by atoms with E-state index in [1.54, 1.807) is 0 Å². The number of rotatable bonds is 12. The van der Waals surface area contributed by atoms with E-state index in [4.69, 9.17) is 4.74 Å². The van der Waals surface area contributed by atoms with Crippen molar-refractivity contribution in [1.29, 1.82) is 0 Å². The second-order valence-corrected chi connectivity index (χ2v) is 4.67. The van der Waals surface area contributed by atoms with Crippen molar-refractivity contribution in [3.8, 4) is 0 Å². The van der Waals surface area contributed by atoms with Crippen molar-refractivity contribution in [3.05, 3.63) is 43.5 Å². The molecule has 1 aromatic rings. The summed E-state index contributed by atoms with van der Waals surface area (Å²) < 4.78 is 7.57. The fourth-order valence-electron chi connectivity index (χ4n) is 2.16. The van der Waals surface area contributed by atoms with Crippen molar-refractivity contribution in [1.82, 2.24) is 14.5 Å². The fraction of sp³-hybridized carbons (Fsp3) is 0.562. The lowest BCUT2D eigenvalue weighted by Gasteiger charge is -2.18. The lowest BCUT2D eigenvalue weighted by atomic mass is 10.2. The summed E-state index contributed by atoms with van der Waals surface area (Å²) in [6.07, 6.45) is 9.85. The van der Waals surface area contributed by atoms with Gasteiger partial charge in [0, 0.05) is 45.1 Å². The molecule has 1 heterocycles. The van der Waals surface area contributed by atoms with Crippen LogP contribution in [0.1, 0.15) is 19.2 Å². The van der Waals surface area contributed by atoms with Crippen LogP contribution in [0.4, 0.5) is 0 Å². The Morgan fingerprint density at radius 2 is 2.10 bits per heavy atom. The molecule has 20 heavy (non-hydrogen) atoms. The van der Waals surface area contributed by atoms with E-state index in [2.05, 4.69) is 27.6 Å². The van der Waals surface area contributed by atoms with Gasteiger partial charge >= 0.3 is 0 Å². The molecule has 0 aliphatic carbocycles. The number of aryl methyl sites for hydroxylation is 1. The molecule has 0 aliphatic rings. The minimum absolute atomic E-state index is 0.749. The van der Waals surface area contributed by atoms with Crippen LogP contribution >= 0.6 is 0 Å². The highest BCUT2D eigenvalue weighted by atomic mass is 16.5. The van der Waals surface area contributed by atoms with Crippen molar-refractivity contribution in [2.24, 2.45) is 0 Å². The number of hydrogen-bond acceptors (Lipinski definition) is 3. The van der Waals surface area contributed by atoms with Crippen molar-refractivity contribution in [3.63, 3.8) is 0 Å². The third-order valence-electron chi connectivity index (χ3n) is 3.13. The Bertz CT molecular complexity index is 377. The Morgan fingerprint density at radius 3 is 2.75 bits per heavy atom. The van der Waals surface area contributed by atoms with E-state index in [9.17, 15) is 0 Å². The van der Waals surface area contributed by atoms with E-state index in [1.807, 2.05) is 31.5 Å². The largest absolute Gasteiger partial charge is 0.380 e. The van der Waals surface area contributed by atoms with Gasteiger partial charge in [-0.1, -0.05) is 12.2 Å². The minimum Gasteiger partial charge on any atom is -0.380 e. The third kappa shape index (κ3) is 6.17. The van der Waals surface area contributed by atoms with Gasteiger partial charge in [0.2, 0.25) is 0 Å². The first-order valence-electron chi connectivity index (χ1n) is 7.33. The quantitative estimate of drug-likeness (QED) is 0.434. The molecular weight excluding hydrogens is 250 g/mol. The summed E-state index contributed by atoms with van der Waals surface area (Å²) in [5.41, 5.74) is 0. The Morgan fingerprint density at radius 1 is 1.35 bits per heavy atom. The predicted octanol–water partition coefficient (Wildman–Crippen LogP) is 2.53. The normalized spacial score (nSPS) is 10.9. The molecule has 0 aliphatic heterocycles. The minimum atomic E-state index is 0.749. The Kier molecular flexibility index (Phi) is 8.67. The van der Waals surface area contributed by atoms with Gasteiger partial charge in [0.05, 0.1) is 6.61 Å². The van der Waals surface area contributed by atoms with Gasteiger partial charge in [0.15, 0.2) is 0 Å². The SMILES string of the molecule is C=CCN(CC=C)CCCc1nccn1CCOCC. The van der Waals surface area contributed by atoms with E-state index < -0.39 is 0 Å². The maximum atomic E-state index is 5.39. The zero-order chi connectivity index (χ0) is 14.6. The van der Waals surface area contributed by atoms with Crippen LogP contribution < -0.4 is 0 Å². The van der Waals surface area contributed by atoms with E-state index in [0.717, 1.165) is 58.1 Å². The van der Waals surface area contributed by atoms with Gasteiger partial charge in [-0.3, -0.25) is 4.90 Å². The lowest BCUT2D eigenvalue weighted by molar-refractivity contribution is 0.138.